The third kappa shape index (κ3) is 11.6. The third-order valence-electron chi connectivity index (χ3n) is 11.8. The zero-order chi connectivity index (χ0) is 52.5. The van der Waals surface area contributed by atoms with Gasteiger partial charge < -0.3 is 30.3 Å². The van der Waals surface area contributed by atoms with Crippen LogP contribution in [0.5, 0.6) is 0 Å². The van der Waals surface area contributed by atoms with Gasteiger partial charge in [-0.3, -0.25) is 14.8 Å². The second kappa shape index (κ2) is 22.6. The fourth-order valence-electron chi connectivity index (χ4n) is 8.49. The highest BCUT2D eigenvalue weighted by molar-refractivity contribution is 6.04. The summed E-state index contributed by atoms with van der Waals surface area (Å²) in [6.07, 6.45) is -9.21. The smallest absolute Gasteiger partial charge is 0.416 e. The Balaban J connectivity index is 1.24. The van der Waals surface area contributed by atoms with E-state index in [0.717, 1.165) is 46.2 Å². The SMILES string of the molecule is CCOC(=O)C1=C(C)N(c2cccc(C(F)(F)F)c2)C(=O)N(CCCN=C(N)NCCCN2C(=O)N(c3cccc(C(F)(F)F)c3)C(C)=C(C(=O)OCC)C2c2ccc(C#N)cc2)C1c1ccc(C#N)cc1. The van der Waals surface area contributed by atoms with Gasteiger partial charge in [-0.05, 0) is 112 Å². The molecule has 6 rings (SSSR count). The molecule has 0 aliphatic carbocycles. The van der Waals surface area contributed by atoms with Crippen molar-refractivity contribution in [1.29, 1.82) is 10.5 Å². The maximum absolute atomic E-state index is 14.5. The average Bonchev–Trinajstić information content (AvgIpc) is 3.34. The summed E-state index contributed by atoms with van der Waals surface area (Å²) >= 11 is 0. The van der Waals surface area contributed by atoms with Crippen LogP contribution < -0.4 is 20.9 Å². The number of hydrogen-bond donors (Lipinski definition) is 2. The molecule has 2 heterocycles. The number of hydrogen-bond acceptors (Lipinski definition) is 9. The van der Waals surface area contributed by atoms with Crippen molar-refractivity contribution in [2.24, 2.45) is 10.7 Å². The molecule has 2 unspecified atom stereocenters. The van der Waals surface area contributed by atoms with Crippen molar-refractivity contribution in [3.8, 4) is 12.1 Å². The largest absolute Gasteiger partial charge is 0.463 e. The van der Waals surface area contributed by atoms with Crippen molar-refractivity contribution in [1.82, 2.24) is 15.1 Å². The molecule has 376 valence electrons. The Morgan fingerprint density at radius 1 is 0.667 bits per heavy atom. The van der Waals surface area contributed by atoms with E-state index in [-0.39, 0.29) is 92.1 Å². The van der Waals surface area contributed by atoms with Crippen molar-refractivity contribution in [3.63, 3.8) is 0 Å². The van der Waals surface area contributed by atoms with Crippen molar-refractivity contribution in [2.45, 2.75) is 65.0 Å². The molecule has 0 spiro atoms. The number of anilines is 2. The van der Waals surface area contributed by atoms with Gasteiger partial charge in [0.2, 0.25) is 0 Å². The molecule has 0 fully saturated rings. The van der Waals surface area contributed by atoms with E-state index in [1.54, 1.807) is 38.1 Å². The average molecular weight is 998 g/mol. The molecule has 0 saturated carbocycles. The molecular formula is C51H49F6N9O6. The van der Waals surface area contributed by atoms with E-state index in [4.69, 9.17) is 15.2 Å². The van der Waals surface area contributed by atoms with E-state index in [2.05, 4.69) is 10.3 Å². The van der Waals surface area contributed by atoms with Gasteiger partial charge >= 0.3 is 36.4 Å². The lowest BCUT2D eigenvalue weighted by molar-refractivity contribution is -0.140. The molecule has 4 aromatic rings. The van der Waals surface area contributed by atoms with E-state index in [0.29, 0.717) is 22.3 Å². The van der Waals surface area contributed by atoms with E-state index >= 15 is 0 Å². The lowest BCUT2D eigenvalue weighted by atomic mass is 9.92. The third-order valence-corrected chi connectivity index (χ3v) is 11.8. The van der Waals surface area contributed by atoms with Gasteiger partial charge in [-0.1, -0.05) is 36.4 Å². The lowest BCUT2D eigenvalue weighted by Crippen LogP contribution is -2.51. The number of aliphatic imine (C=N–C) groups is 1. The minimum absolute atomic E-state index is 0.00596. The Kier molecular flexibility index (Phi) is 16.7. The highest BCUT2D eigenvalue weighted by atomic mass is 19.4. The standard InChI is InChI=1S/C51H49F6N9O6/c1-5-71-45(67)41-31(3)65(39-13-7-11-37(27-39)50(52,53)54)48(69)63(43(41)35-19-15-33(29-58)16-20-35)25-9-23-61-47(60)62-24-10-26-64-44(36-21-17-34(30-59)18-22-36)42(46(68)72-6-2)32(4)66(49(64)70)40-14-8-12-38(28-40)51(55,56)57/h7-8,11-22,27-28,43-44H,5-6,9-10,23-26H2,1-4H3,(H3,60,61,62). The van der Waals surface area contributed by atoms with Gasteiger partial charge in [0.1, 0.15) is 0 Å². The van der Waals surface area contributed by atoms with E-state index in [1.165, 1.54) is 60.0 Å². The number of nitriles is 2. The van der Waals surface area contributed by atoms with Crippen LogP contribution in [0.2, 0.25) is 0 Å². The van der Waals surface area contributed by atoms with Gasteiger partial charge in [0, 0.05) is 37.6 Å². The fourth-order valence-corrected chi connectivity index (χ4v) is 8.49. The predicted octanol–water partition coefficient (Wildman–Crippen LogP) is 9.49. The number of carbonyl (C=O) groups is 4. The number of benzene rings is 4. The molecule has 4 amide bonds. The van der Waals surface area contributed by atoms with Crippen LogP contribution in [0.4, 0.5) is 47.3 Å². The molecule has 3 N–H and O–H groups in total. The lowest BCUT2D eigenvalue weighted by Gasteiger charge is -2.43. The number of ether oxygens (including phenoxy) is 2. The molecule has 0 saturated heterocycles. The molecule has 0 bridgehead atoms. The van der Waals surface area contributed by atoms with Crippen LogP contribution >= 0.6 is 0 Å². The van der Waals surface area contributed by atoms with E-state index in [9.17, 15) is 56.0 Å². The maximum Gasteiger partial charge on any atom is 0.416 e. The highest BCUT2D eigenvalue weighted by Gasteiger charge is 2.45. The molecule has 0 radical (unpaired) electrons. The summed E-state index contributed by atoms with van der Waals surface area (Å²) < 4.78 is 94.2. The fraction of sp³-hybridized carbons (Fsp3) is 0.314. The Morgan fingerprint density at radius 3 is 1.44 bits per heavy atom. The Bertz CT molecular complexity index is 2870. The first-order valence-corrected chi connectivity index (χ1v) is 22.6. The topological polar surface area (TPSA) is 198 Å². The number of halogens is 6. The minimum Gasteiger partial charge on any atom is -0.463 e. The normalized spacial score (nSPS) is 16.7. The van der Waals surface area contributed by atoms with Crippen LogP contribution in [0.3, 0.4) is 0 Å². The number of guanidine groups is 1. The number of nitrogens with two attached hydrogens (primary N) is 1. The Morgan fingerprint density at radius 2 is 1.07 bits per heavy atom. The number of alkyl halides is 6. The van der Waals surface area contributed by atoms with Gasteiger partial charge in [0.05, 0.1) is 82.2 Å². The Hall–Kier alpha value is -8.33. The molecule has 0 aromatic heterocycles. The number of amides is 4. The van der Waals surface area contributed by atoms with Gasteiger partial charge in [0.15, 0.2) is 5.96 Å². The number of esters is 2. The van der Waals surface area contributed by atoms with Crippen molar-refractivity contribution in [3.05, 3.63) is 153 Å². The summed E-state index contributed by atoms with van der Waals surface area (Å²) in [5, 5.41) is 21.9. The summed E-state index contributed by atoms with van der Waals surface area (Å²) in [6.45, 7) is 5.84. The first kappa shape index (κ1) is 53.0. The second-order valence-corrected chi connectivity index (χ2v) is 16.3. The van der Waals surface area contributed by atoms with Crippen LogP contribution in [0, 0.1) is 22.7 Å². The summed E-state index contributed by atoms with van der Waals surface area (Å²) in [5.74, 6) is -1.68. The molecule has 15 nitrogen and oxygen atoms in total. The molecule has 21 heteroatoms. The van der Waals surface area contributed by atoms with Gasteiger partial charge in [-0.15, -0.1) is 0 Å². The maximum atomic E-state index is 14.5. The van der Waals surface area contributed by atoms with Crippen molar-refractivity contribution >= 4 is 41.3 Å². The number of carbonyl (C=O) groups excluding carboxylic acids is 4. The van der Waals surface area contributed by atoms with E-state index in [1.807, 2.05) is 12.1 Å². The number of allylic oxidation sites excluding steroid dienone is 2. The van der Waals surface area contributed by atoms with Gasteiger partial charge in [0.25, 0.3) is 0 Å². The molecule has 2 atom stereocenters. The van der Waals surface area contributed by atoms with Crippen LogP contribution in [0.15, 0.2) is 125 Å². The quantitative estimate of drug-likeness (QED) is 0.0359. The van der Waals surface area contributed by atoms with E-state index < -0.39 is 59.6 Å². The van der Waals surface area contributed by atoms with Crippen LogP contribution in [0.1, 0.15) is 86.0 Å². The van der Waals surface area contributed by atoms with Crippen molar-refractivity contribution < 1.29 is 55.0 Å². The minimum atomic E-state index is -4.74. The second-order valence-electron chi connectivity index (χ2n) is 16.3. The van der Waals surface area contributed by atoms with Crippen molar-refractivity contribution in [2.75, 3.05) is 49.2 Å². The monoisotopic (exact) mass is 997 g/mol. The number of rotatable bonds is 16. The number of urea groups is 2. The van der Waals surface area contributed by atoms with Crippen LogP contribution in [0.25, 0.3) is 0 Å². The summed E-state index contributed by atoms with van der Waals surface area (Å²) in [5.41, 5.74) is 5.43. The predicted molar refractivity (Wildman–Crippen MR) is 252 cm³/mol. The molecule has 2 aliphatic heterocycles. The molecule has 2 aliphatic rings. The highest BCUT2D eigenvalue weighted by Crippen LogP contribution is 2.43. The van der Waals surface area contributed by atoms with Gasteiger partial charge in [-0.2, -0.15) is 36.9 Å². The molecular weight excluding hydrogens is 949 g/mol. The van der Waals surface area contributed by atoms with Crippen LogP contribution in [-0.2, 0) is 31.4 Å². The first-order valence-electron chi connectivity index (χ1n) is 22.6. The van der Waals surface area contributed by atoms with Crippen LogP contribution in [-0.4, -0.2) is 79.2 Å². The number of nitrogens with zero attached hydrogens (tertiary/aromatic N) is 7. The molecule has 72 heavy (non-hydrogen) atoms. The summed E-state index contributed by atoms with van der Waals surface area (Å²) in [6, 6.07) is 20.9. The first-order chi connectivity index (χ1) is 34.2. The molecule has 4 aromatic carbocycles. The van der Waals surface area contributed by atoms with Gasteiger partial charge in [-0.25, -0.2) is 19.2 Å². The summed E-state index contributed by atoms with van der Waals surface area (Å²) in [7, 11) is 0. The zero-order valence-electron chi connectivity index (χ0n) is 39.5. The summed E-state index contributed by atoms with van der Waals surface area (Å²) in [4.78, 5) is 65.6. The zero-order valence-corrected chi connectivity index (χ0v) is 39.5. The Labute approximate surface area is 411 Å². The number of nitrogens with one attached hydrogen (secondary N) is 1.